The Morgan fingerprint density at radius 2 is 2.00 bits per heavy atom. The largest absolute Gasteiger partial charge is 0.493 e. The van der Waals surface area contributed by atoms with E-state index in [4.69, 9.17) is 4.74 Å². The van der Waals surface area contributed by atoms with Crippen molar-refractivity contribution < 1.29 is 4.74 Å². The molecular formula is C17H22N2O2S. The second-order valence-corrected chi connectivity index (χ2v) is 6.65. The molecule has 1 aliphatic rings. The molecule has 2 heterocycles. The summed E-state index contributed by atoms with van der Waals surface area (Å²) >= 11 is 1.32. The first kappa shape index (κ1) is 15.3. The van der Waals surface area contributed by atoms with Crippen molar-refractivity contribution in [1.82, 2.24) is 9.88 Å². The van der Waals surface area contributed by atoms with Gasteiger partial charge in [-0.1, -0.05) is 29.9 Å². The highest BCUT2D eigenvalue weighted by Crippen LogP contribution is 2.32. The number of hydrogen-bond donors (Lipinski definition) is 1. The summed E-state index contributed by atoms with van der Waals surface area (Å²) in [6.45, 7) is 5.69. The van der Waals surface area contributed by atoms with E-state index in [2.05, 4.69) is 9.88 Å². The summed E-state index contributed by atoms with van der Waals surface area (Å²) in [5.41, 5.74) is 1.90. The van der Waals surface area contributed by atoms with Crippen molar-refractivity contribution in [1.29, 1.82) is 0 Å². The Morgan fingerprint density at radius 3 is 2.77 bits per heavy atom. The van der Waals surface area contributed by atoms with E-state index in [0.717, 1.165) is 41.5 Å². The molecule has 0 atom stereocenters. The molecule has 0 unspecified atom stereocenters. The van der Waals surface area contributed by atoms with Crippen molar-refractivity contribution >= 4 is 11.3 Å². The molecule has 1 aliphatic heterocycles. The number of aromatic nitrogens is 1. The van der Waals surface area contributed by atoms with Crippen molar-refractivity contribution in [2.24, 2.45) is 0 Å². The average molecular weight is 318 g/mol. The number of nitrogens with one attached hydrogen (secondary N) is 1. The number of piperidine rings is 1. The maximum absolute atomic E-state index is 11.9. The molecule has 4 nitrogen and oxygen atoms in total. The van der Waals surface area contributed by atoms with Gasteiger partial charge in [-0.2, -0.15) is 0 Å². The van der Waals surface area contributed by atoms with Gasteiger partial charge in [-0.3, -0.25) is 9.69 Å². The normalized spacial score (nSPS) is 15.9. The minimum Gasteiger partial charge on any atom is -0.493 e. The number of H-pyrrole nitrogens is 1. The van der Waals surface area contributed by atoms with Crippen LogP contribution in [0.3, 0.4) is 0 Å². The lowest BCUT2D eigenvalue weighted by molar-refractivity contribution is 0.223. The lowest BCUT2D eigenvalue weighted by Crippen LogP contribution is -2.28. The number of hydrogen-bond acceptors (Lipinski definition) is 4. The van der Waals surface area contributed by atoms with Gasteiger partial charge in [0.25, 0.3) is 0 Å². The van der Waals surface area contributed by atoms with Crippen LogP contribution in [-0.4, -0.2) is 29.6 Å². The Labute approximate surface area is 134 Å². The number of rotatable bonds is 5. The fourth-order valence-corrected chi connectivity index (χ4v) is 3.85. The van der Waals surface area contributed by atoms with E-state index in [1.54, 1.807) is 0 Å². The maximum Gasteiger partial charge on any atom is 0.305 e. The van der Waals surface area contributed by atoms with Crippen molar-refractivity contribution in [3.05, 3.63) is 38.8 Å². The number of benzene rings is 1. The SMILES string of the molecule is CCOc1ccccc1-c1[nH]c(=O)sc1CN1CCCCC1. The van der Waals surface area contributed by atoms with Gasteiger partial charge in [-0.05, 0) is 45.0 Å². The predicted molar refractivity (Wildman–Crippen MR) is 90.7 cm³/mol. The van der Waals surface area contributed by atoms with Gasteiger partial charge in [0, 0.05) is 17.0 Å². The summed E-state index contributed by atoms with van der Waals surface area (Å²) in [5.74, 6) is 0.832. The Kier molecular flexibility index (Phi) is 4.95. The van der Waals surface area contributed by atoms with Crippen molar-refractivity contribution in [3.63, 3.8) is 0 Å². The fraction of sp³-hybridized carbons (Fsp3) is 0.471. The number of para-hydroxylation sites is 1. The second-order valence-electron chi connectivity index (χ2n) is 5.58. The van der Waals surface area contributed by atoms with Crippen LogP contribution in [0.2, 0.25) is 0 Å². The second kappa shape index (κ2) is 7.11. The summed E-state index contributed by atoms with van der Waals surface area (Å²) in [6, 6.07) is 7.92. The summed E-state index contributed by atoms with van der Waals surface area (Å²) in [4.78, 5) is 18.5. The summed E-state index contributed by atoms with van der Waals surface area (Å²) in [5, 5.41) is 0. The van der Waals surface area contributed by atoms with Crippen molar-refractivity contribution in [3.8, 4) is 17.0 Å². The third kappa shape index (κ3) is 3.42. The molecule has 2 aromatic rings. The molecule has 22 heavy (non-hydrogen) atoms. The van der Waals surface area contributed by atoms with Gasteiger partial charge < -0.3 is 9.72 Å². The van der Waals surface area contributed by atoms with Gasteiger partial charge >= 0.3 is 4.87 Å². The monoisotopic (exact) mass is 318 g/mol. The number of likely N-dealkylation sites (tertiary alicyclic amines) is 1. The Morgan fingerprint density at radius 1 is 1.23 bits per heavy atom. The molecule has 0 aliphatic carbocycles. The minimum atomic E-state index is 0.00770. The lowest BCUT2D eigenvalue weighted by atomic mass is 10.1. The molecule has 1 saturated heterocycles. The van der Waals surface area contributed by atoms with Gasteiger partial charge in [0.1, 0.15) is 5.75 Å². The molecule has 118 valence electrons. The molecule has 1 N–H and O–H groups in total. The van der Waals surface area contributed by atoms with E-state index in [9.17, 15) is 4.79 Å². The maximum atomic E-state index is 11.9. The first-order valence-electron chi connectivity index (χ1n) is 7.94. The molecule has 0 saturated carbocycles. The number of ether oxygens (including phenoxy) is 1. The van der Waals surface area contributed by atoms with Crippen LogP contribution >= 0.6 is 11.3 Å². The average Bonchev–Trinajstić information content (AvgIpc) is 2.89. The standard InChI is InChI=1S/C17H22N2O2S/c1-2-21-14-9-5-4-8-13(14)16-15(22-17(20)18-16)12-19-10-6-3-7-11-19/h4-5,8-9H,2-3,6-7,10-12H2,1H3,(H,18,20). The highest BCUT2D eigenvalue weighted by molar-refractivity contribution is 7.09. The van der Waals surface area contributed by atoms with Crippen molar-refractivity contribution in [2.45, 2.75) is 32.7 Å². The molecule has 0 amide bonds. The highest BCUT2D eigenvalue weighted by atomic mass is 32.1. The van der Waals surface area contributed by atoms with E-state index in [1.807, 2.05) is 31.2 Å². The van der Waals surface area contributed by atoms with Crippen LogP contribution < -0.4 is 9.61 Å². The number of aromatic amines is 1. The molecule has 1 aromatic heterocycles. The van der Waals surface area contributed by atoms with Crippen LogP contribution in [0.4, 0.5) is 0 Å². The third-order valence-electron chi connectivity index (χ3n) is 3.99. The van der Waals surface area contributed by atoms with Crippen LogP contribution in [-0.2, 0) is 6.54 Å². The number of thiazole rings is 1. The van der Waals surface area contributed by atoms with E-state index in [-0.39, 0.29) is 4.87 Å². The van der Waals surface area contributed by atoms with Gasteiger partial charge in [0.05, 0.1) is 12.3 Å². The molecule has 5 heteroatoms. The van der Waals surface area contributed by atoms with Crippen LogP contribution in [0, 0.1) is 0 Å². The smallest absolute Gasteiger partial charge is 0.305 e. The topological polar surface area (TPSA) is 45.3 Å². The van der Waals surface area contributed by atoms with E-state index >= 15 is 0 Å². The predicted octanol–water partition coefficient (Wildman–Crippen LogP) is 3.49. The molecule has 0 spiro atoms. The van der Waals surface area contributed by atoms with Crippen LogP contribution in [0.15, 0.2) is 29.1 Å². The summed E-state index contributed by atoms with van der Waals surface area (Å²) in [6.07, 6.45) is 3.83. The molecule has 3 rings (SSSR count). The van der Waals surface area contributed by atoms with E-state index < -0.39 is 0 Å². The van der Waals surface area contributed by atoms with Crippen molar-refractivity contribution in [2.75, 3.05) is 19.7 Å². The highest BCUT2D eigenvalue weighted by Gasteiger charge is 2.18. The van der Waals surface area contributed by atoms with E-state index in [0.29, 0.717) is 6.61 Å². The zero-order chi connectivity index (χ0) is 15.4. The molecule has 0 radical (unpaired) electrons. The first-order chi connectivity index (χ1) is 10.8. The lowest BCUT2D eigenvalue weighted by Gasteiger charge is -2.26. The van der Waals surface area contributed by atoms with E-state index in [1.165, 1.54) is 30.6 Å². The van der Waals surface area contributed by atoms with Gasteiger partial charge in [0.2, 0.25) is 0 Å². The Bertz CT molecular complexity index is 671. The van der Waals surface area contributed by atoms with Gasteiger partial charge in [0.15, 0.2) is 0 Å². The zero-order valence-electron chi connectivity index (χ0n) is 12.9. The number of nitrogens with zero attached hydrogens (tertiary/aromatic N) is 1. The first-order valence-corrected chi connectivity index (χ1v) is 8.76. The van der Waals surface area contributed by atoms with Crippen LogP contribution in [0.5, 0.6) is 5.75 Å². The van der Waals surface area contributed by atoms with Gasteiger partial charge in [-0.15, -0.1) is 0 Å². The van der Waals surface area contributed by atoms with Crippen LogP contribution in [0.1, 0.15) is 31.1 Å². The third-order valence-corrected chi connectivity index (χ3v) is 4.86. The molecule has 0 bridgehead atoms. The Balaban J connectivity index is 1.92. The minimum absolute atomic E-state index is 0.00770. The molecular weight excluding hydrogens is 296 g/mol. The fourth-order valence-electron chi connectivity index (χ4n) is 2.96. The molecule has 1 fully saturated rings. The zero-order valence-corrected chi connectivity index (χ0v) is 13.7. The quantitative estimate of drug-likeness (QED) is 0.918. The summed E-state index contributed by atoms with van der Waals surface area (Å²) in [7, 11) is 0. The van der Waals surface area contributed by atoms with Gasteiger partial charge in [-0.25, -0.2) is 0 Å². The van der Waals surface area contributed by atoms with Crippen LogP contribution in [0.25, 0.3) is 11.3 Å². The summed E-state index contributed by atoms with van der Waals surface area (Å²) < 4.78 is 5.71. The molecule has 1 aromatic carbocycles. The Hall–Kier alpha value is -1.59.